The van der Waals surface area contributed by atoms with Crippen molar-refractivity contribution < 1.29 is 19.1 Å². The molecule has 1 amide bonds. The van der Waals surface area contributed by atoms with E-state index in [4.69, 9.17) is 9.52 Å². The van der Waals surface area contributed by atoms with Crippen molar-refractivity contribution in [2.75, 3.05) is 6.54 Å². The number of carbonyl (C=O) groups excluding carboxylic acids is 1. The number of hydrogen-bond donors (Lipinski definition) is 3. The van der Waals surface area contributed by atoms with Crippen molar-refractivity contribution in [1.82, 2.24) is 10.6 Å². The summed E-state index contributed by atoms with van der Waals surface area (Å²) in [7, 11) is 0. The predicted molar refractivity (Wildman–Crippen MR) is 64.9 cm³/mol. The summed E-state index contributed by atoms with van der Waals surface area (Å²) in [5.41, 5.74) is -1.08. The highest BCUT2D eigenvalue weighted by Crippen LogP contribution is 2.08. The van der Waals surface area contributed by atoms with Gasteiger partial charge in [0.05, 0.1) is 19.4 Å². The minimum absolute atomic E-state index is 0.0443. The van der Waals surface area contributed by atoms with Crippen LogP contribution in [0.15, 0.2) is 22.8 Å². The van der Waals surface area contributed by atoms with E-state index < -0.39 is 11.5 Å². The first-order chi connectivity index (χ1) is 8.48. The fourth-order valence-electron chi connectivity index (χ4n) is 1.29. The Hall–Kier alpha value is -1.82. The lowest BCUT2D eigenvalue weighted by Gasteiger charge is -2.24. The zero-order chi connectivity index (χ0) is 13.6. The molecule has 0 saturated heterocycles. The van der Waals surface area contributed by atoms with Crippen LogP contribution in [0, 0.1) is 0 Å². The molecule has 1 atom stereocenters. The fraction of sp³-hybridized carbons (Fsp3) is 0.500. The molecule has 18 heavy (non-hydrogen) atoms. The third-order valence-corrected chi connectivity index (χ3v) is 2.86. The van der Waals surface area contributed by atoms with Gasteiger partial charge in [0.1, 0.15) is 11.3 Å². The van der Waals surface area contributed by atoms with Gasteiger partial charge >= 0.3 is 5.97 Å². The van der Waals surface area contributed by atoms with Crippen molar-refractivity contribution in [3.63, 3.8) is 0 Å². The van der Waals surface area contributed by atoms with Crippen LogP contribution in [0.4, 0.5) is 0 Å². The molecule has 1 unspecified atom stereocenters. The van der Waals surface area contributed by atoms with E-state index >= 15 is 0 Å². The first kappa shape index (κ1) is 14.2. The Morgan fingerprint density at radius 2 is 2.22 bits per heavy atom. The van der Waals surface area contributed by atoms with E-state index in [1.807, 2.05) is 0 Å². The number of furan rings is 1. The number of hydrogen-bond acceptors (Lipinski definition) is 4. The number of amides is 1. The normalized spacial score (nSPS) is 13.9. The summed E-state index contributed by atoms with van der Waals surface area (Å²) < 4.78 is 5.06. The van der Waals surface area contributed by atoms with Crippen LogP contribution >= 0.6 is 0 Å². The average molecular weight is 254 g/mol. The van der Waals surface area contributed by atoms with Crippen molar-refractivity contribution in [3.8, 4) is 0 Å². The SMILES string of the molecule is CCC(C)(NCC(=O)NCc1ccco1)C(=O)O. The second-order valence-corrected chi connectivity index (χ2v) is 4.20. The van der Waals surface area contributed by atoms with E-state index in [2.05, 4.69) is 10.6 Å². The zero-order valence-electron chi connectivity index (χ0n) is 10.5. The van der Waals surface area contributed by atoms with Crippen LogP contribution in [-0.2, 0) is 16.1 Å². The molecule has 0 aliphatic heterocycles. The lowest BCUT2D eigenvalue weighted by molar-refractivity contribution is -0.144. The molecule has 6 heteroatoms. The minimum atomic E-state index is -1.08. The molecule has 1 aromatic rings. The van der Waals surface area contributed by atoms with Crippen LogP contribution < -0.4 is 10.6 Å². The van der Waals surface area contributed by atoms with Crippen LogP contribution in [0.5, 0.6) is 0 Å². The summed E-state index contributed by atoms with van der Waals surface area (Å²) in [6, 6.07) is 3.49. The molecule has 0 aromatic carbocycles. The van der Waals surface area contributed by atoms with Gasteiger partial charge in [-0.3, -0.25) is 14.9 Å². The zero-order valence-corrected chi connectivity index (χ0v) is 10.5. The lowest BCUT2D eigenvalue weighted by Crippen LogP contribution is -2.52. The summed E-state index contributed by atoms with van der Waals surface area (Å²) >= 11 is 0. The van der Waals surface area contributed by atoms with Crippen molar-refractivity contribution >= 4 is 11.9 Å². The molecule has 3 N–H and O–H groups in total. The molecular formula is C12H18N2O4. The molecule has 0 aliphatic rings. The second kappa shape index (κ2) is 6.20. The minimum Gasteiger partial charge on any atom is -0.480 e. The van der Waals surface area contributed by atoms with E-state index in [9.17, 15) is 9.59 Å². The maximum absolute atomic E-state index is 11.5. The van der Waals surface area contributed by atoms with Crippen LogP contribution in [0.2, 0.25) is 0 Å². The van der Waals surface area contributed by atoms with Gasteiger partial charge in [-0.2, -0.15) is 0 Å². The summed E-state index contributed by atoms with van der Waals surface area (Å²) in [5, 5.41) is 14.4. The monoisotopic (exact) mass is 254 g/mol. The fourth-order valence-corrected chi connectivity index (χ4v) is 1.29. The number of carbonyl (C=O) groups is 2. The Labute approximate surface area is 105 Å². The third kappa shape index (κ3) is 3.89. The molecular weight excluding hydrogens is 236 g/mol. The van der Waals surface area contributed by atoms with E-state index in [-0.39, 0.29) is 12.5 Å². The Morgan fingerprint density at radius 1 is 1.50 bits per heavy atom. The smallest absolute Gasteiger partial charge is 0.323 e. The van der Waals surface area contributed by atoms with Crippen LogP contribution in [0.25, 0.3) is 0 Å². The number of aliphatic carboxylic acids is 1. The molecule has 100 valence electrons. The standard InChI is InChI=1S/C12H18N2O4/c1-3-12(2,11(16)17)14-8-10(15)13-7-9-5-4-6-18-9/h4-6,14H,3,7-8H2,1-2H3,(H,13,15)(H,16,17). The van der Waals surface area contributed by atoms with Gasteiger partial charge < -0.3 is 14.8 Å². The third-order valence-electron chi connectivity index (χ3n) is 2.86. The van der Waals surface area contributed by atoms with E-state index in [1.165, 1.54) is 6.26 Å². The molecule has 0 aliphatic carbocycles. The van der Waals surface area contributed by atoms with Crippen LogP contribution in [0.3, 0.4) is 0 Å². The summed E-state index contributed by atoms with van der Waals surface area (Å²) in [6.07, 6.45) is 1.92. The molecule has 0 radical (unpaired) electrons. The highest BCUT2D eigenvalue weighted by Gasteiger charge is 2.30. The number of rotatable bonds is 7. The van der Waals surface area contributed by atoms with Crippen LogP contribution in [0.1, 0.15) is 26.0 Å². The topological polar surface area (TPSA) is 91.6 Å². The van der Waals surface area contributed by atoms with Gasteiger partial charge in [0.25, 0.3) is 0 Å². The van der Waals surface area contributed by atoms with Crippen LogP contribution in [-0.4, -0.2) is 29.1 Å². The van der Waals surface area contributed by atoms with Gasteiger partial charge in [-0.15, -0.1) is 0 Å². The van der Waals surface area contributed by atoms with Crippen molar-refractivity contribution in [3.05, 3.63) is 24.2 Å². The first-order valence-electron chi connectivity index (χ1n) is 5.75. The summed E-state index contributed by atoms with van der Waals surface area (Å²) in [5.74, 6) is -0.587. The van der Waals surface area contributed by atoms with E-state index in [0.29, 0.717) is 18.7 Å². The molecule has 0 bridgehead atoms. The molecule has 1 aromatic heterocycles. The van der Waals surface area contributed by atoms with Crippen molar-refractivity contribution in [2.45, 2.75) is 32.4 Å². The van der Waals surface area contributed by atoms with Crippen molar-refractivity contribution in [2.24, 2.45) is 0 Å². The maximum Gasteiger partial charge on any atom is 0.323 e. The van der Waals surface area contributed by atoms with Gasteiger partial charge in [-0.1, -0.05) is 6.92 Å². The second-order valence-electron chi connectivity index (χ2n) is 4.20. The number of carboxylic acids is 1. The summed E-state index contributed by atoms with van der Waals surface area (Å²) in [6.45, 7) is 3.55. The highest BCUT2D eigenvalue weighted by molar-refractivity contribution is 5.81. The highest BCUT2D eigenvalue weighted by atomic mass is 16.4. The van der Waals surface area contributed by atoms with Gasteiger partial charge in [0.15, 0.2) is 0 Å². The average Bonchev–Trinajstić information content (AvgIpc) is 2.86. The first-order valence-corrected chi connectivity index (χ1v) is 5.75. The van der Waals surface area contributed by atoms with Crippen molar-refractivity contribution in [1.29, 1.82) is 0 Å². The summed E-state index contributed by atoms with van der Waals surface area (Å²) in [4.78, 5) is 22.5. The maximum atomic E-state index is 11.5. The van der Waals surface area contributed by atoms with Gasteiger partial charge in [-0.25, -0.2) is 0 Å². The molecule has 0 fully saturated rings. The quantitative estimate of drug-likeness (QED) is 0.667. The molecule has 1 heterocycles. The Balaban J connectivity index is 2.34. The number of nitrogens with one attached hydrogen (secondary N) is 2. The van der Waals surface area contributed by atoms with Gasteiger partial charge in [0.2, 0.25) is 5.91 Å². The Morgan fingerprint density at radius 3 is 2.72 bits per heavy atom. The van der Waals surface area contributed by atoms with E-state index in [1.54, 1.807) is 26.0 Å². The van der Waals surface area contributed by atoms with E-state index in [0.717, 1.165) is 0 Å². The van der Waals surface area contributed by atoms with Gasteiger partial charge in [0, 0.05) is 0 Å². The Bertz CT molecular complexity index is 402. The molecule has 1 rings (SSSR count). The Kier molecular flexibility index (Phi) is 4.91. The predicted octanol–water partition coefficient (Wildman–Crippen LogP) is 0.739. The van der Waals surface area contributed by atoms with Gasteiger partial charge in [-0.05, 0) is 25.5 Å². The molecule has 6 nitrogen and oxygen atoms in total. The molecule has 0 saturated carbocycles. The lowest BCUT2D eigenvalue weighted by atomic mass is 9.99. The number of carboxylic acid groups (broad SMARTS) is 1. The largest absolute Gasteiger partial charge is 0.480 e. The molecule has 0 spiro atoms.